The van der Waals surface area contributed by atoms with Crippen molar-refractivity contribution in [3.05, 3.63) is 93.7 Å². The molecule has 1 aliphatic heterocycles. The molecule has 0 bridgehead atoms. The Kier molecular flexibility index (Phi) is 5.25. The van der Waals surface area contributed by atoms with Crippen LogP contribution in [0.3, 0.4) is 0 Å². The van der Waals surface area contributed by atoms with E-state index in [-0.39, 0.29) is 5.56 Å². The average Bonchev–Trinajstić information content (AvgIpc) is 2.82. The predicted molar refractivity (Wildman–Crippen MR) is 125 cm³/mol. The van der Waals surface area contributed by atoms with Crippen molar-refractivity contribution < 1.29 is 0 Å². The number of rotatable bonds is 4. The van der Waals surface area contributed by atoms with Gasteiger partial charge in [0.15, 0.2) is 5.82 Å². The van der Waals surface area contributed by atoms with Crippen molar-refractivity contribution in [2.75, 3.05) is 12.3 Å². The van der Waals surface area contributed by atoms with Crippen molar-refractivity contribution in [2.24, 2.45) is 0 Å². The Morgan fingerprint density at radius 3 is 2.56 bits per heavy atom. The Bertz CT molecular complexity index is 1310. The summed E-state index contributed by atoms with van der Waals surface area (Å²) in [5.41, 5.74) is 11.8. The second-order valence-corrected chi connectivity index (χ2v) is 8.09. The van der Waals surface area contributed by atoms with E-state index in [9.17, 15) is 4.79 Å². The van der Waals surface area contributed by atoms with Crippen molar-refractivity contribution in [3.63, 3.8) is 0 Å². The number of anilines is 1. The lowest BCUT2D eigenvalue weighted by Gasteiger charge is -2.28. The maximum Gasteiger partial charge on any atom is 0.255 e. The van der Waals surface area contributed by atoms with Crippen molar-refractivity contribution in [1.29, 1.82) is 0 Å². The first-order chi connectivity index (χ1) is 15.6. The Balaban J connectivity index is 1.35. The molecule has 3 heterocycles. The van der Waals surface area contributed by atoms with Crippen molar-refractivity contribution in [2.45, 2.75) is 26.4 Å². The van der Waals surface area contributed by atoms with Gasteiger partial charge in [-0.25, -0.2) is 15.0 Å². The van der Waals surface area contributed by atoms with Crippen molar-refractivity contribution in [3.8, 4) is 22.8 Å². The maximum atomic E-state index is 12.8. The minimum atomic E-state index is -0.0843. The SMILES string of the molecule is Cc1nc(-c2ccccc2)ncc1CN1CCc2nc(-c3ccc(N)cc3)[nH]c(=O)c2C1. The zero-order valence-electron chi connectivity index (χ0n) is 17.9. The molecule has 1 aliphatic rings. The molecule has 2 aromatic carbocycles. The Morgan fingerprint density at radius 2 is 1.81 bits per heavy atom. The summed E-state index contributed by atoms with van der Waals surface area (Å²) in [6, 6.07) is 17.3. The molecule has 7 heteroatoms. The first kappa shape index (κ1) is 20.1. The van der Waals surface area contributed by atoms with Crippen LogP contribution >= 0.6 is 0 Å². The lowest BCUT2D eigenvalue weighted by atomic mass is 10.1. The quantitative estimate of drug-likeness (QED) is 0.487. The van der Waals surface area contributed by atoms with Crippen LogP contribution in [0.1, 0.15) is 22.5 Å². The molecule has 0 aliphatic carbocycles. The van der Waals surface area contributed by atoms with E-state index >= 15 is 0 Å². The number of hydrogen-bond donors (Lipinski definition) is 2. The standard InChI is InChI=1S/C25H24N6O/c1-16-19(13-27-23(28-16)17-5-3-2-4-6-17)14-31-12-11-22-21(15-31)25(32)30-24(29-22)18-7-9-20(26)10-8-18/h2-10,13H,11-12,14-15,26H2,1H3,(H,29,30,32). The molecule has 0 saturated carbocycles. The number of aromatic amines is 1. The molecule has 7 nitrogen and oxygen atoms in total. The van der Waals surface area contributed by atoms with E-state index in [1.165, 1.54) is 0 Å². The summed E-state index contributed by atoms with van der Waals surface area (Å²) >= 11 is 0. The van der Waals surface area contributed by atoms with Gasteiger partial charge in [-0.2, -0.15) is 0 Å². The van der Waals surface area contributed by atoms with Gasteiger partial charge in [-0.3, -0.25) is 9.69 Å². The van der Waals surface area contributed by atoms with Gasteiger partial charge in [0, 0.05) is 60.3 Å². The van der Waals surface area contributed by atoms with Crippen LogP contribution in [0.2, 0.25) is 0 Å². The summed E-state index contributed by atoms with van der Waals surface area (Å²) in [5.74, 6) is 1.31. The van der Waals surface area contributed by atoms with Gasteiger partial charge in [0.1, 0.15) is 5.82 Å². The molecule has 0 amide bonds. The number of nitrogens with two attached hydrogens (primary N) is 1. The minimum absolute atomic E-state index is 0.0843. The van der Waals surface area contributed by atoms with E-state index in [4.69, 9.17) is 15.7 Å². The number of nitrogen functional groups attached to an aromatic ring is 1. The van der Waals surface area contributed by atoms with Gasteiger partial charge >= 0.3 is 0 Å². The fourth-order valence-electron chi connectivity index (χ4n) is 4.01. The molecule has 0 saturated heterocycles. The van der Waals surface area contributed by atoms with E-state index < -0.39 is 0 Å². The average molecular weight is 425 g/mol. The van der Waals surface area contributed by atoms with E-state index in [1.54, 1.807) is 0 Å². The van der Waals surface area contributed by atoms with Crippen LogP contribution in [-0.4, -0.2) is 31.4 Å². The number of aromatic nitrogens is 4. The fraction of sp³-hybridized carbons (Fsp3) is 0.200. The number of nitrogens with one attached hydrogen (secondary N) is 1. The van der Waals surface area contributed by atoms with Crippen LogP contribution in [0.5, 0.6) is 0 Å². The molecule has 2 aromatic heterocycles. The van der Waals surface area contributed by atoms with Gasteiger partial charge < -0.3 is 10.7 Å². The van der Waals surface area contributed by atoms with Crippen LogP contribution in [-0.2, 0) is 19.5 Å². The summed E-state index contributed by atoms with van der Waals surface area (Å²) in [6.07, 6.45) is 2.62. The summed E-state index contributed by atoms with van der Waals surface area (Å²) in [4.78, 5) is 32.0. The van der Waals surface area contributed by atoms with Gasteiger partial charge in [0.25, 0.3) is 5.56 Å². The summed E-state index contributed by atoms with van der Waals surface area (Å²) in [7, 11) is 0. The highest BCUT2D eigenvalue weighted by Gasteiger charge is 2.22. The third kappa shape index (κ3) is 4.02. The molecule has 5 rings (SSSR count). The molecule has 0 fully saturated rings. The Labute approximate surface area is 186 Å². The van der Waals surface area contributed by atoms with Gasteiger partial charge in [-0.15, -0.1) is 0 Å². The molecule has 4 aromatic rings. The van der Waals surface area contributed by atoms with E-state index in [0.29, 0.717) is 24.6 Å². The number of benzene rings is 2. The van der Waals surface area contributed by atoms with Gasteiger partial charge in [-0.05, 0) is 31.2 Å². The van der Waals surface area contributed by atoms with Gasteiger partial charge in [0.2, 0.25) is 0 Å². The zero-order valence-corrected chi connectivity index (χ0v) is 17.9. The second kappa shape index (κ2) is 8.36. The molecule has 160 valence electrons. The molecule has 3 N–H and O–H groups in total. The largest absolute Gasteiger partial charge is 0.399 e. The van der Waals surface area contributed by atoms with Crippen molar-refractivity contribution in [1.82, 2.24) is 24.8 Å². The lowest BCUT2D eigenvalue weighted by molar-refractivity contribution is 0.241. The Hall–Kier alpha value is -3.84. The van der Waals surface area contributed by atoms with Crippen LogP contribution in [0.4, 0.5) is 5.69 Å². The van der Waals surface area contributed by atoms with Crippen LogP contribution in [0.25, 0.3) is 22.8 Å². The molecule has 0 atom stereocenters. The highest BCUT2D eigenvalue weighted by Crippen LogP contribution is 2.22. The van der Waals surface area contributed by atoms with E-state index in [0.717, 1.165) is 52.4 Å². The molecule has 0 unspecified atom stereocenters. The third-order valence-electron chi connectivity index (χ3n) is 5.84. The number of aryl methyl sites for hydroxylation is 1. The maximum absolute atomic E-state index is 12.8. The van der Waals surface area contributed by atoms with Crippen LogP contribution < -0.4 is 11.3 Å². The number of H-pyrrole nitrogens is 1. The number of nitrogens with zero attached hydrogens (tertiary/aromatic N) is 4. The third-order valence-corrected chi connectivity index (χ3v) is 5.84. The summed E-state index contributed by atoms with van der Waals surface area (Å²) < 4.78 is 0. The smallest absolute Gasteiger partial charge is 0.255 e. The first-order valence-electron chi connectivity index (χ1n) is 10.6. The number of fused-ring (bicyclic) bond motifs is 1. The molecular formula is C25H24N6O. The van der Waals surface area contributed by atoms with E-state index in [1.807, 2.05) is 67.7 Å². The lowest BCUT2D eigenvalue weighted by Crippen LogP contribution is -2.35. The van der Waals surface area contributed by atoms with Gasteiger partial charge in [-0.1, -0.05) is 30.3 Å². The van der Waals surface area contributed by atoms with E-state index in [2.05, 4.69) is 14.9 Å². The second-order valence-electron chi connectivity index (χ2n) is 8.09. The zero-order chi connectivity index (χ0) is 22.1. The summed E-state index contributed by atoms with van der Waals surface area (Å²) in [5, 5.41) is 0. The highest BCUT2D eigenvalue weighted by atomic mass is 16.1. The fourth-order valence-corrected chi connectivity index (χ4v) is 4.01. The van der Waals surface area contributed by atoms with Crippen LogP contribution in [0, 0.1) is 6.92 Å². The Morgan fingerprint density at radius 1 is 1.03 bits per heavy atom. The normalized spacial score (nSPS) is 13.7. The van der Waals surface area contributed by atoms with Crippen LogP contribution in [0.15, 0.2) is 65.6 Å². The molecule has 32 heavy (non-hydrogen) atoms. The summed E-state index contributed by atoms with van der Waals surface area (Å²) in [6.45, 7) is 4.08. The monoisotopic (exact) mass is 424 g/mol. The topological polar surface area (TPSA) is 101 Å². The molecule has 0 spiro atoms. The highest BCUT2D eigenvalue weighted by molar-refractivity contribution is 5.59. The first-order valence-corrected chi connectivity index (χ1v) is 10.6. The van der Waals surface area contributed by atoms with Gasteiger partial charge in [0.05, 0.1) is 11.3 Å². The van der Waals surface area contributed by atoms with Crippen molar-refractivity contribution >= 4 is 5.69 Å². The molecular weight excluding hydrogens is 400 g/mol. The molecule has 0 radical (unpaired) electrons. The predicted octanol–water partition coefficient (Wildman–Crippen LogP) is 3.34. The minimum Gasteiger partial charge on any atom is -0.399 e. The number of hydrogen-bond acceptors (Lipinski definition) is 6.